The van der Waals surface area contributed by atoms with Crippen LogP contribution in [-0.4, -0.2) is 20.9 Å². The van der Waals surface area contributed by atoms with Gasteiger partial charge in [-0.1, -0.05) is 41.9 Å². The summed E-state index contributed by atoms with van der Waals surface area (Å²) in [7, 11) is -4.06. The monoisotopic (exact) mass is 432 g/mol. The summed E-state index contributed by atoms with van der Waals surface area (Å²) in [5, 5.41) is 2.74. The van der Waals surface area contributed by atoms with E-state index >= 15 is 0 Å². The lowest BCUT2D eigenvalue weighted by Crippen LogP contribution is -2.26. The molecule has 3 rings (SSSR count). The first-order valence-electron chi connectivity index (χ1n) is 8.75. The van der Waals surface area contributed by atoms with E-state index in [4.69, 9.17) is 11.6 Å². The van der Waals surface area contributed by atoms with Crippen LogP contribution in [0.1, 0.15) is 15.9 Å². The first-order chi connectivity index (χ1) is 13.8. The molecule has 0 aliphatic carbocycles. The molecule has 3 aromatic rings. The third-order valence-electron chi connectivity index (χ3n) is 4.12. The second-order valence-corrected chi connectivity index (χ2v) is 8.31. The molecule has 0 unspecified atom stereocenters. The van der Waals surface area contributed by atoms with E-state index in [-0.39, 0.29) is 21.2 Å². The van der Waals surface area contributed by atoms with Crippen molar-refractivity contribution in [3.8, 4) is 0 Å². The highest BCUT2D eigenvalue weighted by Gasteiger charge is 2.20. The van der Waals surface area contributed by atoms with Crippen LogP contribution in [0.5, 0.6) is 0 Å². The van der Waals surface area contributed by atoms with Gasteiger partial charge in [-0.3, -0.25) is 9.52 Å². The Hall–Kier alpha value is -2.90. The molecular formula is C21H18ClFN2O3S. The van der Waals surface area contributed by atoms with Crippen molar-refractivity contribution in [3.05, 3.63) is 94.8 Å². The summed E-state index contributed by atoms with van der Waals surface area (Å²) < 4.78 is 40.7. The standard InChI is InChI=1S/C21H18ClFN2O3S/c22-19-11-6-16(21(26)24-13-12-15-4-2-1-3-5-15)14-20(19)29(27,28)25-18-9-7-17(23)8-10-18/h1-11,14,25H,12-13H2,(H,24,26). The topological polar surface area (TPSA) is 75.3 Å². The number of halogens is 2. The minimum atomic E-state index is -4.06. The van der Waals surface area contributed by atoms with Gasteiger partial charge in [-0.25, -0.2) is 12.8 Å². The third kappa shape index (κ3) is 5.56. The number of carbonyl (C=O) groups is 1. The molecular weight excluding hydrogens is 415 g/mol. The minimum absolute atomic E-state index is 0.0274. The van der Waals surface area contributed by atoms with E-state index < -0.39 is 21.7 Å². The maximum atomic E-state index is 13.0. The second kappa shape index (κ2) is 9.07. The SMILES string of the molecule is O=C(NCCc1ccccc1)c1ccc(Cl)c(S(=O)(=O)Nc2ccc(F)cc2)c1. The van der Waals surface area contributed by atoms with Crippen LogP contribution in [0.4, 0.5) is 10.1 Å². The van der Waals surface area contributed by atoms with Crippen molar-refractivity contribution in [1.82, 2.24) is 5.32 Å². The third-order valence-corrected chi connectivity index (χ3v) is 5.98. The smallest absolute Gasteiger partial charge is 0.263 e. The molecule has 2 N–H and O–H groups in total. The zero-order chi connectivity index (χ0) is 20.9. The van der Waals surface area contributed by atoms with Crippen LogP contribution in [0.25, 0.3) is 0 Å². The van der Waals surface area contributed by atoms with Gasteiger partial charge in [0.15, 0.2) is 0 Å². The van der Waals surface area contributed by atoms with Crippen LogP contribution >= 0.6 is 11.6 Å². The maximum absolute atomic E-state index is 13.0. The number of amides is 1. The van der Waals surface area contributed by atoms with E-state index in [0.717, 1.165) is 17.7 Å². The van der Waals surface area contributed by atoms with Crippen molar-refractivity contribution in [3.63, 3.8) is 0 Å². The van der Waals surface area contributed by atoms with Gasteiger partial charge in [-0.05, 0) is 54.4 Å². The molecule has 0 heterocycles. The normalized spacial score (nSPS) is 11.1. The summed E-state index contributed by atoms with van der Waals surface area (Å²) in [6.45, 7) is 0.404. The average molecular weight is 433 g/mol. The van der Waals surface area contributed by atoms with E-state index in [1.54, 1.807) is 0 Å². The molecule has 29 heavy (non-hydrogen) atoms. The van der Waals surface area contributed by atoms with Crippen molar-refractivity contribution < 1.29 is 17.6 Å². The highest BCUT2D eigenvalue weighted by Crippen LogP contribution is 2.25. The lowest BCUT2D eigenvalue weighted by Gasteiger charge is -2.11. The molecule has 5 nitrogen and oxygen atoms in total. The van der Waals surface area contributed by atoms with Gasteiger partial charge in [0.05, 0.1) is 5.02 Å². The molecule has 0 aliphatic heterocycles. The highest BCUT2D eigenvalue weighted by atomic mass is 35.5. The summed E-state index contributed by atoms with van der Waals surface area (Å²) in [4.78, 5) is 12.2. The molecule has 1 amide bonds. The van der Waals surface area contributed by atoms with Gasteiger partial charge >= 0.3 is 0 Å². The molecule has 0 saturated carbocycles. The fourth-order valence-corrected chi connectivity index (χ4v) is 4.23. The minimum Gasteiger partial charge on any atom is -0.352 e. The zero-order valence-corrected chi connectivity index (χ0v) is 16.8. The zero-order valence-electron chi connectivity index (χ0n) is 15.2. The summed E-state index contributed by atoms with van der Waals surface area (Å²) in [6, 6.07) is 18.5. The Labute approximate surface area is 173 Å². The molecule has 0 atom stereocenters. The van der Waals surface area contributed by atoms with Gasteiger partial charge < -0.3 is 5.32 Å². The number of benzene rings is 3. The lowest BCUT2D eigenvalue weighted by atomic mass is 10.1. The molecule has 8 heteroatoms. The van der Waals surface area contributed by atoms with Crippen LogP contribution < -0.4 is 10.0 Å². The average Bonchev–Trinajstić information content (AvgIpc) is 2.70. The fraction of sp³-hybridized carbons (Fsp3) is 0.0952. The molecule has 0 bridgehead atoms. The van der Waals surface area contributed by atoms with E-state index in [9.17, 15) is 17.6 Å². The van der Waals surface area contributed by atoms with Crippen molar-refractivity contribution in [2.75, 3.05) is 11.3 Å². The number of rotatable bonds is 7. The number of hydrogen-bond acceptors (Lipinski definition) is 3. The predicted octanol–water partition coefficient (Wildman–Crippen LogP) is 4.25. The summed E-state index contributed by atoms with van der Waals surface area (Å²) >= 11 is 6.05. The van der Waals surface area contributed by atoms with E-state index in [1.165, 1.54) is 30.3 Å². The largest absolute Gasteiger partial charge is 0.352 e. The first kappa shape index (κ1) is 20.8. The Balaban J connectivity index is 1.72. The molecule has 3 aromatic carbocycles. The molecule has 0 fully saturated rings. The van der Waals surface area contributed by atoms with Gasteiger partial charge in [0.2, 0.25) is 0 Å². The number of anilines is 1. The van der Waals surface area contributed by atoms with Crippen LogP contribution in [-0.2, 0) is 16.4 Å². The predicted molar refractivity (Wildman–Crippen MR) is 111 cm³/mol. The Kier molecular flexibility index (Phi) is 6.51. The van der Waals surface area contributed by atoms with E-state index in [2.05, 4.69) is 10.0 Å². The number of carbonyl (C=O) groups excluding carboxylic acids is 1. The number of hydrogen-bond donors (Lipinski definition) is 2. The van der Waals surface area contributed by atoms with Crippen LogP contribution in [0.15, 0.2) is 77.7 Å². The Morgan fingerprint density at radius 3 is 2.34 bits per heavy atom. The van der Waals surface area contributed by atoms with Crippen molar-refractivity contribution in [2.24, 2.45) is 0 Å². The van der Waals surface area contributed by atoms with Gasteiger partial charge in [-0.2, -0.15) is 0 Å². The molecule has 0 radical (unpaired) electrons. The Morgan fingerprint density at radius 1 is 0.966 bits per heavy atom. The number of sulfonamides is 1. The molecule has 0 saturated heterocycles. The molecule has 0 aliphatic rings. The van der Waals surface area contributed by atoms with Crippen molar-refractivity contribution in [1.29, 1.82) is 0 Å². The Bertz CT molecular complexity index is 1100. The number of nitrogens with one attached hydrogen (secondary N) is 2. The van der Waals surface area contributed by atoms with Crippen LogP contribution in [0, 0.1) is 5.82 Å². The molecule has 0 spiro atoms. The van der Waals surface area contributed by atoms with Crippen molar-refractivity contribution in [2.45, 2.75) is 11.3 Å². The lowest BCUT2D eigenvalue weighted by molar-refractivity contribution is 0.0954. The van der Waals surface area contributed by atoms with Crippen LogP contribution in [0.3, 0.4) is 0 Å². The fourth-order valence-electron chi connectivity index (χ4n) is 2.65. The van der Waals surface area contributed by atoms with E-state index in [1.807, 2.05) is 30.3 Å². The Morgan fingerprint density at radius 2 is 1.66 bits per heavy atom. The molecule has 150 valence electrons. The highest BCUT2D eigenvalue weighted by molar-refractivity contribution is 7.92. The maximum Gasteiger partial charge on any atom is 0.263 e. The van der Waals surface area contributed by atoms with Gasteiger partial charge in [0, 0.05) is 17.8 Å². The van der Waals surface area contributed by atoms with Crippen molar-refractivity contribution >= 4 is 33.2 Å². The van der Waals surface area contributed by atoms with E-state index in [0.29, 0.717) is 13.0 Å². The summed E-state index contributed by atoms with van der Waals surface area (Å²) in [6.07, 6.45) is 0.650. The van der Waals surface area contributed by atoms with Gasteiger partial charge in [-0.15, -0.1) is 0 Å². The van der Waals surface area contributed by atoms with Gasteiger partial charge in [0.1, 0.15) is 10.7 Å². The van der Waals surface area contributed by atoms with Gasteiger partial charge in [0.25, 0.3) is 15.9 Å². The second-order valence-electron chi connectivity index (χ2n) is 6.25. The first-order valence-corrected chi connectivity index (χ1v) is 10.6. The summed E-state index contributed by atoms with van der Waals surface area (Å²) in [5.74, 6) is -0.893. The quantitative estimate of drug-likeness (QED) is 0.586. The molecule has 0 aromatic heterocycles. The van der Waals surface area contributed by atoms with Crippen LogP contribution in [0.2, 0.25) is 5.02 Å². The summed E-state index contributed by atoms with van der Waals surface area (Å²) in [5.41, 5.74) is 1.43.